The minimum absolute atomic E-state index is 0.0808. The van der Waals surface area contributed by atoms with Gasteiger partial charge < -0.3 is 16.2 Å². The number of anilines is 1. The molecule has 4 N–H and O–H groups in total. The van der Waals surface area contributed by atoms with Crippen LogP contribution in [-0.4, -0.2) is 23.5 Å². The van der Waals surface area contributed by atoms with Crippen LogP contribution in [-0.2, 0) is 4.79 Å². The molecule has 86 valence electrons. The van der Waals surface area contributed by atoms with Gasteiger partial charge in [-0.05, 0) is 40.8 Å². The number of halogens is 1. The lowest BCUT2D eigenvalue weighted by Crippen LogP contribution is -2.18. The van der Waals surface area contributed by atoms with Gasteiger partial charge in [0.15, 0.2) is 0 Å². The summed E-state index contributed by atoms with van der Waals surface area (Å²) in [6.45, 7) is 0.235. The maximum atomic E-state index is 11.3. The number of carbonyl (C=O) groups excluding carboxylic acids is 1. The van der Waals surface area contributed by atoms with Crippen LogP contribution in [0.3, 0.4) is 0 Å². The van der Waals surface area contributed by atoms with Gasteiger partial charge in [0.1, 0.15) is 0 Å². The third-order valence-corrected chi connectivity index (χ3v) is 2.53. The highest BCUT2D eigenvalue weighted by Gasteiger charge is 2.12. The van der Waals surface area contributed by atoms with Crippen LogP contribution in [0.15, 0.2) is 18.2 Å². The lowest BCUT2D eigenvalue weighted by Gasteiger charge is -2.08. The van der Waals surface area contributed by atoms with Gasteiger partial charge in [-0.15, -0.1) is 0 Å². The minimum Gasteiger partial charge on any atom is -0.478 e. The fourth-order valence-corrected chi connectivity index (χ4v) is 1.64. The predicted molar refractivity (Wildman–Crippen MR) is 68.4 cm³/mol. The maximum absolute atomic E-state index is 11.3. The normalized spacial score (nSPS) is 9.88. The molecule has 6 heteroatoms. The van der Waals surface area contributed by atoms with E-state index < -0.39 is 5.97 Å². The van der Waals surface area contributed by atoms with Crippen LogP contribution < -0.4 is 11.1 Å². The maximum Gasteiger partial charge on any atom is 0.337 e. The average Bonchev–Trinajstić information content (AvgIpc) is 2.20. The molecule has 1 aromatic carbocycles. The predicted octanol–water partition coefficient (Wildman–Crippen LogP) is 1.28. The lowest BCUT2D eigenvalue weighted by molar-refractivity contribution is -0.116. The van der Waals surface area contributed by atoms with Gasteiger partial charge in [-0.2, -0.15) is 0 Å². The van der Waals surface area contributed by atoms with E-state index in [1.54, 1.807) is 12.1 Å². The van der Waals surface area contributed by atoms with Crippen molar-refractivity contribution in [2.24, 2.45) is 5.73 Å². The molecule has 0 bridgehead atoms. The monoisotopic (exact) mass is 334 g/mol. The molecule has 0 heterocycles. The third-order valence-electron chi connectivity index (χ3n) is 1.86. The Labute approximate surface area is 106 Å². The van der Waals surface area contributed by atoms with Crippen molar-refractivity contribution in [2.75, 3.05) is 11.9 Å². The number of nitrogens with one attached hydrogen (secondary N) is 1. The summed E-state index contributed by atoms with van der Waals surface area (Å²) in [7, 11) is 0. The first kappa shape index (κ1) is 12.9. The number of hydrogen-bond acceptors (Lipinski definition) is 3. The molecular weight excluding hydrogens is 323 g/mol. The Kier molecular flexibility index (Phi) is 4.69. The molecule has 1 amide bonds. The van der Waals surface area contributed by atoms with Crippen LogP contribution in [0.4, 0.5) is 5.69 Å². The topological polar surface area (TPSA) is 92.4 Å². The molecule has 1 rings (SSSR count). The number of aromatic carboxylic acids is 1. The third kappa shape index (κ3) is 3.46. The quantitative estimate of drug-likeness (QED) is 0.723. The van der Waals surface area contributed by atoms with Crippen molar-refractivity contribution in [1.29, 1.82) is 0 Å². The zero-order chi connectivity index (χ0) is 12.1. The van der Waals surface area contributed by atoms with E-state index in [2.05, 4.69) is 5.32 Å². The molecule has 0 aliphatic rings. The van der Waals surface area contributed by atoms with E-state index in [0.29, 0.717) is 5.69 Å². The Hall–Kier alpha value is -1.15. The van der Waals surface area contributed by atoms with Gasteiger partial charge in [0.2, 0.25) is 5.91 Å². The Balaban J connectivity index is 2.95. The van der Waals surface area contributed by atoms with Crippen LogP contribution in [0.1, 0.15) is 16.8 Å². The number of nitrogens with two attached hydrogens (primary N) is 1. The van der Waals surface area contributed by atoms with E-state index in [1.807, 2.05) is 22.6 Å². The van der Waals surface area contributed by atoms with Gasteiger partial charge >= 0.3 is 5.97 Å². The van der Waals surface area contributed by atoms with Crippen molar-refractivity contribution in [3.05, 3.63) is 27.3 Å². The van der Waals surface area contributed by atoms with Gasteiger partial charge in [0.25, 0.3) is 0 Å². The van der Waals surface area contributed by atoms with E-state index in [0.717, 1.165) is 3.57 Å². The number of carbonyl (C=O) groups is 2. The van der Waals surface area contributed by atoms with Crippen molar-refractivity contribution < 1.29 is 14.7 Å². The Morgan fingerprint density at radius 1 is 1.44 bits per heavy atom. The van der Waals surface area contributed by atoms with Gasteiger partial charge in [0.05, 0.1) is 11.3 Å². The van der Waals surface area contributed by atoms with Gasteiger partial charge in [-0.3, -0.25) is 4.79 Å². The fraction of sp³-hybridized carbons (Fsp3) is 0.200. The summed E-state index contributed by atoms with van der Waals surface area (Å²) >= 11 is 2.01. The minimum atomic E-state index is -1.07. The molecule has 16 heavy (non-hydrogen) atoms. The molecular formula is C10H11IN2O3. The summed E-state index contributed by atoms with van der Waals surface area (Å²) in [6, 6.07) is 4.80. The average molecular weight is 334 g/mol. The number of carboxylic acid groups (broad SMARTS) is 1. The van der Waals surface area contributed by atoms with Crippen molar-refractivity contribution in [3.63, 3.8) is 0 Å². The standard InChI is InChI=1S/C10H11IN2O3/c11-6-1-2-8(7(5-6)10(15)16)13-9(14)3-4-12/h1-2,5H,3-4,12H2,(H,13,14)(H,15,16). The zero-order valence-corrected chi connectivity index (χ0v) is 10.5. The van der Waals surface area contributed by atoms with Gasteiger partial charge in [-0.1, -0.05) is 0 Å². The zero-order valence-electron chi connectivity index (χ0n) is 8.37. The smallest absolute Gasteiger partial charge is 0.337 e. The molecule has 0 unspecified atom stereocenters. The molecule has 0 saturated carbocycles. The molecule has 0 spiro atoms. The van der Waals surface area contributed by atoms with Crippen LogP contribution in [0.5, 0.6) is 0 Å². The van der Waals surface area contributed by atoms with E-state index in [9.17, 15) is 9.59 Å². The van der Waals surface area contributed by atoms with E-state index in [4.69, 9.17) is 10.8 Å². The molecule has 0 aliphatic carbocycles. The summed E-state index contributed by atoms with van der Waals surface area (Å²) in [5, 5.41) is 11.5. The number of amides is 1. The second-order valence-corrected chi connectivity index (χ2v) is 4.33. The Bertz CT molecular complexity index is 421. The first-order chi connectivity index (χ1) is 7.54. The van der Waals surface area contributed by atoms with Crippen molar-refractivity contribution in [2.45, 2.75) is 6.42 Å². The van der Waals surface area contributed by atoms with Gasteiger partial charge in [0, 0.05) is 16.5 Å². The first-order valence-corrected chi connectivity index (χ1v) is 5.65. The molecule has 0 atom stereocenters. The molecule has 5 nitrogen and oxygen atoms in total. The number of benzene rings is 1. The fourth-order valence-electron chi connectivity index (χ4n) is 1.15. The van der Waals surface area contributed by atoms with Crippen molar-refractivity contribution in [3.8, 4) is 0 Å². The molecule has 0 saturated heterocycles. The first-order valence-electron chi connectivity index (χ1n) is 4.57. The highest BCUT2D eigenvalue weighted by atomic mass is 127. The van der Waals surface area contributed by atoms with Crippen molar-refractivity contribution >= 4 is 40.2 Å². The van der Waals surface area contributed by atoms with E-state index in [1.165, 1.54) is 6.07 Å². The van der Waals surface area contributed by atoms with Crippen LogP contribution >= 0.6 is 22.6 Å². The largest absolute Gasteiger partial charge is 0.478 e. The number of hydrogen-bond donors (Lipinski definition) is 3. The summed E-state index contributed by atoms with van der Waals surface area (Å²) in [4.78, 5) is 22.2. The number of rotatable bonds is 4. The Morgan fingerprint density at radius 2 is 2.12 bits per heavy atom. The summed E-state index contributed by atoms with van der Waals surface area (Å²) in [6.07, 6.45) is 0.172. The number of carboxylic acids is 1. The highest BCUT2D eigenvalue weighted by Crippen LogP contribution is 2.19. The van der Waals surface area contributed by atoms with E-state index in [-0.39, 0.29) is 24.4 Å². The van der Waals surface area contributed by atoms with Crippen LogP contribution in [0, 0.1) is 3.57 Å². The second kappa shape index (κ2) is 5.80. The summed E-state index contributed by atoms with van der Waals surface area (Å²) < 4.78 is 0.798. The van der Waals surface area contributed by atoms with Crippen molar-refractivity contribution in [1.82, 2.24) is 0 Å². The lowest BCUT2D eigenvalue weighted by atomic mass is 10.2. The molecule has 0 aromatic heterocycles. The molecule has 0 fully saturated rings. The van der Waals surface area contributed by atoms with Crippen LogP contribution in [0.25, 0.3) is 0 Å². The second-order valence-electron chi connectivity index (χ2n) is 3.08. The van der Waals surface area contributed by atoms with Crippen LogP contribution in [0.2, 0.25) is 0 Å². The SMILES string of the molecule is NCCC(=O)Nc1ccc(I)cc1C(=O)O. The summed E-state index contributed by atoms with van der Waals surface area (Å²) in [5.41, 5.74) is 5.61. The Morgan fingerprint density at radius 3 is 2.69 bits per heavy atom. The molecule has 1 aromatic rings. The highest BCUT2D eigenvalue weighted by molar-refractivity contribution is 14.1. The van der Waals surface area contributed by atoms with E-state index >= 15 is 0 Å². The van der Waals surface area contributed by atoms with Gasteiger partial charge in [-0.25, -0.2) is 4.79 Å². The molecule has 0 radical (unpaired) electrons. The molecule has 0 aliphatic heterocycles. The summed E-state index contributed by atoms with van der Waals surface area (Å²) in [5.74, 6) is -1.35.